The summed E-state index contributed by atoms with van der Waals surface area (Å²) in [6, 6.07) is 7.53. The van der Waals surface area contributed by atoms with Crippen LogP contribution in [0.25, 0.3) is 0 Å². The van der Waals surface area contributed by atoms with E-state index in [4.69, 9.17) is 9.47 Å². The maximum absolute atomic E-state index is 12.3. The van der Waals surface area contributed by atoms with Crippen molar-refractivity contribution in [2.45, 2.75) is 51.1 Å². The van der Waals surface area contributed by atoms with Crippen molar-refractivity contribution >= 4 is 23.8 Å². The van der Waals surface area contributed by atoms with Crippen LogP contribution >= 0.6 is 11.8 Å². The Labute approximate surface area is 154 Å². The zero-order chi connectivity index (χ0) is 18.4. The first-order valence-electron chi connectivity index (χ1n) is 8.55. The lowest BCUT2D eigenvalue weighted by Gasteiger charge is -2.33. The van der Waals surface area contributed by atoms with Gasteiger partial charge < -0.3 is 14.4 Å². The highest BCUT2D eigenvalue weighted by Crippen LogP contribution is 2.19. The van der Waals surface area contributed by atoms with Gasteiger partial charge in [-0.15, -0.1) is 0 Å². The molecule has 0 radical (unpaired) electrons. The Bertz CT molecular complexity index is 586. The number of ether oxygens (including phenoxy) is 2. The molecule has 1 aliphatic rings. The normalized spacial score (nSPS) is 15.8. The van der Waals surface area contributed by atoms with Crippen LogP contribution < -0.4 is 0 Å². The largest absolute Gasteiger partial charge is 0.459 e. The summed E-state index contributed by atoms with van der Waals surface area (Å²) in [6.45, 7) is 6.64. The summed E-state index contributed by atoms with van der Waals surface area (Å²) in [7, 11) is 0. The molecule has 138 valence electrons. The molecule has 25 heavy (non-hydrogen) atoms. The van der Waals surface area contributed by atoms with Crippen molar-refractivity contribution in [2.75, 3.05) is 19.3 Å². The van der Waals surface area contributed by atoms with Crippen LogP contribution in [0.4, 0.5) is 4.79 Å². The molecule has 0 spiro atoms. The van der Waals surface area contributed by atoms with Crippen molar-refractivity contribution in [1.29, 1.82) is 0 Å². The monoisotopic (exact) mass is 365 g/mol. The number of thioether (sulfide) groups is 1. The number of piperidine rings is 1. The first-order valence-corrected chi connectivity index (χ1v) is 9.94. The third-order valence-corrected chi connectivity index (χ3v) is 4.49. The number of likely N-dealkylation sites (tertiary alicyclic amines) is 1. The Kier molecular flexibility index (Phi) is 6.76. The predicted molar refractivity (Wildman–Crippen MR) is 99.9 cm³/mol. The molecule has 2 rings (SSSR count). The van der Waals surface area contributed by atoms with Crippen molar-refractivity contribution in [3.63, 3.8) is 0 Å². The zero-order valence-corrected chi connectivity index (χ0v) is 16.2. The Morgan fingerprint density at radius 1 is 1.16 bits per heavy atom. The average Bonchev–Trinajstić information content (AvgIpc) is 2.55. The highest BCUT2D eigenvalue weighted by atomic mass is 32.2. The molecule has 1 saturated heterocycles. The molecule has 1 aliphatic heterocycles. The number of carbonyl (C=O) groups is 2. The summed E-state index contributed by atoms with van der Waals surface area (Å²) in [5.41, 5.74) is 1.26. The summed E-state index contributed by atoms with van der Waals surface area (Å²) in [5.74, 6) is 0.629. The lowest BCUT2D eigenvalue weighted by atomic mass is 10.1. The van der Waals surface area contributed by atoms with Gasteiger partial charge in [0.1, 0.15) is 11.7 Å². The fourth-order valence-electron chi connectivity index (χ4n) is 2.61. The van der Waals surface area contributed by atoms with Crippen molar-refractivity contribution in [3.8, 4) is 0 Å². The Hall–Kier alpha value is -1.69. The van der Waals surface area contributed by atoms with Crippen LogP contribution in [0.3, 0.4) is 0 Å². The molecule has 1 fully saturated rings. The van der Waals surface area contributed by atoms with Crippen LogP contribution in [0, 0.1) is 0 Å². The maximum atomic E-state index is 12.3. The molecular formula is C19H27NO4S. The van der Waals surface area contributed by atoms with Gasteiger partial charge in [0.15, 0.2) is 0 Å². The van der Waals surface area contributed by atoms with E-state index in [9.17, 15) is 9.59 Å². The standard InChI is InChI=1S/C19H27NO4S/c1-19(2,3)24-18(22)20-11-9-16(10-12-20)23-17(21)15-7-5-14(6-8-15)13-25-4/h5-8,16H,9-13H2,1-4H3. The Morgan fingerprint density at radius 3 is 2.28 bits per heavy atom. The molecule has 0 aliphatic carbocycles. The first-order chi connectivity index (χ1) is 11.8. The molecule has 6 heteroatoms. The third kappa shape index (κ3) is 6.27. The van der Waals surface area contributed by atoms with Gasteiger partial charge in [-0.3, -0.25) is 0 Å². The fourth-order valence-corrected chi connectivity index (χ4v) is 3.13. The van der Waals surface area contributed by atoms with Gasteiger partial charge in [0.25, 0.3) is 0 Å². The van der Waals surface area contributed by atoms with Crippen molar-refractivity contribution in [2.24, 2.45) is 0 Å². The molecule has 0 bridgehead atoms. The number of carbonyl (C=O) groups excluding carboxylic acids is 2. The van der Waals surface area contributed by atoms with Crippen LogP contribution in [0.2, 0.25) is 0 Å². The third-order valence-electron chi connectivity index (χ3n) is 3.87. The quantitative estimate of drug-likeness (QED) is 0.752. The SMILES string of the molecule is CSCc1ccc(C(=O)OC2CCN(C(=O)OC(C)(C)C)CC2)cc1. The molecule has 1 heterocycles. The molecular weight excluding hydrogens is 338 g/mol. The van der Waals surface area contributed by atoms with E-state index in [-0.39, 0.29) is 18.2 Å². The van der Waals surface area contributed by atoms with Gasteiger partial charge in [-0.2, -0.15) is 11.8 Å². The number of esters is 1. The van der Waals surface area contributed by atoms with Gasteiger partial charge in [0.05, 0.1) is 5.56 Å². The summed E-state index contributed by atoms with van der Waals surface area (Å²) in [4.78, 5) is 26.0. The summed E-state index contributed by atoms with van der Waals surface area (Å²) >= 11 is 1.74. The summed E-state index contributed by atoms with van der Waals surface area (Å²) < 4.78 is 11.0. The van der Waals surface area contributed by atoms with E-state index in [0.29, 0.717) is 31.5 Å². The number of rotatable bonds is 4. The number of benzene rings is 1. The molecule has 0 aromatic heterocycles. The van der Waals surface area contributed by atoms with Gasteiger partial charge >= 0.3 is 12.1 Å². The van der Waals surface area contributed by atoms with Gasteiger partial charge in [-0.05, 0) is 44.7 Å². The average molecular weight is 365 g/mol. The summed E-state index contributed by atoms with van der Waals surface area (Å²) in [5, 5.41) is 0. The lowest BCUT2D eigenvalue weighted by molar-refractivity contribution is -0.00340. The second-order valence-corrected chi connectivity index (χ2v) is 8.07. The molecule has 1 aromatic carbocycles. The number of amides is 1. The zero-order valence-electron chi connectivity index (χ0n) is 15.4. The molecule has 0 saturated carbocycles. The molecule has 1 aromatic rings. The van der Waals surface area contributed by atoms with Crippen LogP contribution in [-0.2, 0) is 15.2 Å². The van der Waals surface area contributed by atoms with E-state index in [0.717, 1.165) is 5.75 Å². The smallest absolute Gasteiger partial charge is 0.410 e. The van der Waals surface area contributed by atoms with E-state index in [1.807, 2.05) is 51.3 Å². The molecule has 0 atom stereocenters. The van der Waals surface area contributed by atoms with Gasteiger partial charge in [0, 0.05) is 31.7 Å². The number of hydrogen-bond acceptors (Lipinski definition) is 5. The van der Waals surface area contributed by atoms with Crippen LogP contribution in [-0.4, -0.2) is 48.0 Å². The maximum Gasteiger partial charge on any atom is 0.410 e. The van der Waals surface area contributed by atoms with Gasteiger partial charge in [-0.1, -0.05) is 12.1 Å². The van der Waals surface area contributed by atoms with E-state index in [1.165, 1.54) is 5.56 Å². The van der Waals surface area contributed by atoms with E-state index in [1.54, 1.807) is 16.7 Å². The fraction of sp³-hybridized carbons (Fsp3) is 0.579. The van der Waals surface area contributed by atoms with Crippen molar-refractivity contribution in [3.05, 3.63) is 35.4 Å². The molecule has 0 unspecified atom stereocenters. The van der Waals surface area contributed by atoms with E-state index < -0.39 is 5.60 Å². The minimum Gasteiger partial charge on any atom is -0.459 e. The highest BCUT2D eigenvalue weighted by molar-refractivity contribution is 7.97. The Balaban J connectivity index is 1.81. The van der Waals surface area contributed by atoms with E-state index in [2.05, 4.69) is 0 Å². The van der Waals surface area contributed by atoms with Crippen LogP contribution in [0.5, 0.6) is 0 Å². The number of nitrogens with zero attached hydrogens (tertiary/aromatic N) is 1. The number of hydrogen-bond donors (Lipinski definition) is 0. The van der Waals surface area contributed by atoms with Crippen molar-refractivity contribution < 1.29 is 19.1 Å². The van der Waals surface area contributed by atoms with Gasteiger partial charge in [0.2, 0.25) is 0 Å². The lowest BCUT2D eigenvalue weighted by Crippen LogP contribution is -2.43. The van der Waals surface area contributed by atoms with Crippen molar-refractivity contribution in [1.82, 2.24) is 4.90 Å². The molecule has 5 nitrogen and oxygen atoms in total. The second-order valence-electron chi connectivity index (χ2n) is 7.20. The topological polar surface area (TPSA) is 55.8 Å². The van der Waals surface area contributed by atoms with Crippen LogP contribution in [0.1, 0.15) is 49.5 Å². The van der Waals surface area contributed by atoms with Gasteiger partial charge in [-0.25, -0.2) is 9.59 Å². The molecule has 0 N–H and O–H groups in total. The second kappa shape index (κ2) is 8.61. The Morgan fingerprint density at radius 2 is 1.76 bits per heavy atom. The minimum absolute atomic E-state index is 0.155. The predicted octanol–water partition coefficient (Wildman–Crippen LogP) is 4.11. The van der Waals surface area contributed by atoms with E-state index >= 15 is 0 Å². The molecule has 1 amide bonds. The summed E-state index contributed by atoms with van der Waals surface area (Å²) in [6.07, 6.45) is 2.86. The first kappa shape index (κ1) is 19.6. The minimum atomic E-state index is -0.497. The van der Waals surface area contributed by atoms with Crippen LogP contribution in [0.15, 0.2) is 24.3 Å². The highest BCUT2D eigenvalue weighted by Gasteiger charge is 2.28.